The molecule has 144 valence electrons. The number of hydrogen-bond acceptors (Lipinski definition) is 0. The van der Waals surface area contributed by atoms with Crippen molar-refractivity contribution < 1.29 is 8.78 Å². The van der Waals surface area contributed by atoms with Crippen LogP contribution in [0.5, 0.6) is 0 Å². The van der Waals surface area contributed by atoms with E-state index in [9.17, 15) is 8.78 Å². The molecule has 0 saturated carbocycles. The Hall–Kier alpha value is -3.18. The minimum absolute atomic E-state index is 0.457. The Morgan fingerprint density at radius 2 is 1.31 bits per heavy atom. The first-order chi connectivity index (χ1) is 14.1. The molecule has 2 heteroatoms. The van der Waals surface area contributed by atoms with Crippen molar-refractivity contribution >= 4 is 21.5 Å². The molecular formula is C27H22F2. The van der Waals surface area contributed by atoms with E-state index in [0.29, 0.717) is 5.56 Å². The molecule has 0 radical (unpaired) electrons. The van der Waals surface area contributed by atoms with Crippen LogP contribution >= 0.6 is 0 Å². The maximum Gasteiger partial charge on any atom is 0.160 e. The van der Waals surface area contributed by atoms with Crippen LogP contribution in [0.1, 0.15) is 42.9 Å². The molecule has 4 rings (SSSR count). The van der Waals surface area contributed by atoms with E-state index in [0.717, 1.165) is 29.5 Å². The molecule has 0 nitrogen and oxygen atoms in total. The maximum absolute atomic E-state index is 13.3. The Morgan fingerprint density at radius 3 is 2.03 bits per heavy atom. The van der Waals surface area contributed by atoms with Crippen LogP contribution in [0.25, 0.3) is 21.5 Å². The van der Waals surface area contributed by atoms with Gasteiger partial charge >= 0.3 is 0 Å². The predicted octanol–water partition coefficient (Wildman–Crippen LogP) is 7.40. The van der Waals surface area contributed by atoms with Crippen LogP contribution in [0, 0.1) is 23.5 Å². The van der Waals surface area contributed by atoms with E-state index >= 15 is 0 Å². The highest BCUT2D eigenvalue weighted by Crippen LogP contribution is 2.27. The van der Waals surface area contributed by atoms with Gasteiger partial charge in [-0.05, 0) is 70.3 Å². The highest BCUT2D eigenvalue weighted by Gasteiger charge is 2.04. The first-order valence-electron chi connectivity index (χ1n) is 10.1. The lowest BCUT2D eigenvalue weighted by Gasteiger charge is -2.07. The summed E-state index contributed by atoms with van der Waals surface area (Å²) in [5.41, 5.74) is 2.69. The normalized spacial score (nSPS) is 10.9. The fraction of sp³-hybridized carbons (Fsp3) is 0.185. The zero-order valence-electron chi connectivity index (χ0n) is 16.4. The second-order valence-corrected chi connectivity index (χ2v) is 7.39. The summed E-state index contributed by atoms with van der Waals surface area (Å²) in [6.07, 6.45) is 4.86. The van der Waals surface area contributed by atoms with Crippen molar-refractivity contribution in [1.29, 1.82) is 0 Å². The quantitative estimate of drug-likeness (QED) is 0.195. The maximum atomic E-state index is 13.3. The molecule has 4 aromatic carbocycles. The van der Waals surface area contributed by atoms with Crippen molar-refractivity contribution in [2.75, 3.05) is 0 Å². The van der Waals surface area contributed by atoms with E-state index in [4.69, 9.17) is 0 Å². The lowest BCUT2D eigenvalue weighted by molar-refractivity contribution is 0.508. The first kappa shape index (κ1) is 19.2. The Kier molecular flexibility index (Phi) is 5.58. The van der Waals surface area contributed by atoms with Crippen molar-refractivity contribution in [3.8, 4) is 11.8 Å². The number of unbranched alkanes of at least 4 members (excludes halogenated alkanes) is 2. The highest BCUT2D eigenvalue weighted by atomic mass is 19.2. The van der Waals surface area contributed by atoms with Crippen LogP contribution in [-0.4, -0.2) is 0 Å². The van der Waals surface area contributed by atoms with Crippen LogP contribution in [0.4, 0.5) is 8.78 Å². The second-order valence-electron chi connectivity index (χ2n) is 7.39. The van der Waals surface area contributed by atoms with E-state index in [1.54, 1.807) is 0 Å². The van der Waals surface area contributed by atoms with Crippen molar-refractivity contribution in [1.82, 2.24) is 0 Å². The smallest absolute Gasteiger partial charge is 0.160 e. The average Bonchev–Trinajstić information content (AvgIpc) is 2.74. The van der Waals surface area contributed by atoms with Crippen LogP contribution in [0.2, 0.25) is 0 Å². The van der Waals surface area contributed by atoms with E-state index in [-0.39, 0.29) is 0 Å². The van der Waals surface area contributed by atoms with Crippen LogP contribution in [0.3, 0.4) is 0 Å². The van der Waals surface area contributed by atoms with Crippen molar-refractivity contribution in [3.63, 3.8) is 0 Å². The Balaban J connectivity index is 1.64. The number of hydrogen-bond donors (Lipinski definition) is 0. The topological polar surface area (TPSA) is 0 Å². The van der Waals surface area contributed by atoms with Crippen LogP contribution in [-0.2, 0) is 6.42 Å². The van der Waals surface area contributed by atoms with E-state index < -0.39 is 11.6 Å². The lowest BCUT2D eigenvalue weighted by atomic mass is 9.97. The van der Waals surface area contributed by atoms with E-state index in [1.165, 1.54) is 47.1 Å². The molecule has 0 atom stereocenters. The lowest BCUT2D eigenvalue weighted by Crippen LogP contribution is -1.87. The molecule has 0 aromatic heterocycles. The van der Waals surface area contributed by atoms with Gasteiger partial charge in [0.25, 0.3) is 0 Å². The molecule has 0 aliphatic rings. The Morgan fingerprint density at radius 1 is 0.655 bits per heavy atom. The molecule has 0 bridgehead atoms. The molecule has 4 aromatic rings. The van der Waals surface area contributed by atoms with Crippen molar-refractivity contribution in [2.45, 2.75) is 32.6 Å². The largest absolute Gasteiger partial charge is 0.204 e. The minimum atomic E-state index is -0.879. The number of benzene rings is 4. The third kappa shape index (κ3) is 4.30. The fourth-order valence-corrected chi connectivity index (χ4v) is 3.65. The molecule has 0 saturated heterocycles. The molecular weight excluding hydrogens is 362 g/mol. The van der Waals surface area contributed by atoms with Gasteiger partial charge < -0.3 is 0 Å². The fourth-order valence-electron chi connectivity index (χ4n) is 3.65. The van der Waals surface area contributed by atoms with E-state index in [2.05, 4.69) is 55.2 Å². The molecule has 0 N–H and O–H groups in total. The van der Waals surface area contributed by atoms with Gasteiger partial charge in [-0.3, -0.25) is 0 Å². The molecule has 0 fully saturated rings. The van der Waals surface area contributed by atoms with Gasteiger partial charge in [0, 0.05) is 11.1 Å². The zero-order valence-corrected chi connectivity index (χ0v) is 16.4. The van der Waals surface area contributed by atoms with Gasteiger partial charge in [-0.15, -0.1) is 0 Å². The average molecular weight is 384 g/mol. The molecule has 29 heavy (non-hydrogen) atoms. The molecule has 0 spiro atoms. The zero-order chi connectivity index (χ0) is 20.2. The number of fused-ring (bicyclic) bond motifs is 3. The molecule has 0 aliphatic heterocycles. The summed E-state index contributed by atoms with van der Waals surface area (Å²) in [7, 11) is 0. The Bertz CT molecular complexity index is 1240. The van der Waals surface area contributed by atoms with Crippen molar-refractivity contribution in [3.05, 3.63) is 95.1 Å². The summed E-state index contributed by atoms with van der Waals surface area (Å²) in [4.78, 5) is 0. The van der Waals surface area contributed by atoms with Gasteiger partial charge in [-0.1, -0.05) is 68.0 Å². The third-order valence-corrected chi connectivity index (χ3v) is 5.24. The monoisotopic (exact) mass is 384 g/mol. The first-order valence-corrected chi connectivity index (χ1v) is 10.1. The van der Waals surface area contributed by atoms with Crippen molar-refractivity contribution in [2.24, 2.45) is 0 Å². The summed E-state index contributed by atoms with van der Waals surface area (Å²) in [6, 6.07) is 20.8. The van der Waals surface area contributed by atoms with Gasteiger partial charge in [0.1, 0.15) is 0 Å². The van der Waals surface area contributed by atoms with Gasteiger partial charge in [-0.25, -0.2) is 8.78 Å². The van der Waals surface area contributed by atoms with Gasteiger partial charge in [-0.2, -0.15) is 0 Å². The molecule has 0 heterocycles. The predicted molar refractivity (Wildman–Crippen MR) is 117 cm³/mol. The molecule has 0 unspecified atom stereocenters. The highest BCUT2D eigenvalue weighted by molar-refractivity contribution is 6.07. The number of rotatable bonds is 4. The van der Waals surface area contributed by atoms with Crippen LogP contribution < -0.4 is 0 Å². The SMILES string of the molecule is CCCCCc1ccc2c(ccc3cc(C#Cc4ccc(F)c(F)c4)ccc32)c1. The summed E-state index contributed by atoms with van der Waals surface area (Å²) in [5, 5.41) is 4.81. The number of aryl methyl sites for hydroxylation is 1. The second kappa shape index (κ2) is 8.45. The van der Waals surface area contributed by atoms with Gasteiger partial charge in [0.2, 0.25) is 0 Å². The minimum Gasteiger partial charge on any atom is -0.204 e. The molecule has 0 amide bonds. The summed E-state index contributed by atoms with van der Waals surface area (Å²) in [5.74, 6) is 4.21. The van der Waals surface area contributed by atoms with E-state index in [1.807, 2.05) is 12.1 Å². The van der Waals surface area contributed by atoms with Gasteiger partial charge in [0.15, 0.2) is 11.6 Å². The molecule has 0 aliphatic carbocycles. The van der Waals surface area contributed by atoms with Crippen LogP contribution in [0.15, 0.2) is 66.7 Å². The third-order valence-electron chi connectivity index (χ3n) is 5.24. The standard InChI is InChI=1S/C27H22F2/c1-2-3-4-5-19-8-13-24-22(16-19)11-12-23-17-20(9-14-25(23)24)6-7-21-10-15-26(28)27(29)18-21/h8-18H,2-5H2,1H3. The number of halogens is 2. The van der Waals surface area contributed by atoms with Gasteiger partial charge in [0.05, 0.1) is 0 Å². The summed E-state index contributed by atoms with van der Waals surface area (Å²) in [6.45, 7) is 2.23. The Labute approximate surface area is 170 Å². The summed E-state index contributed by atoms with van der Waals surface area (Å²) < 4.78 is 26.4. The summed E-state index contributed by atoms with van der Waals surface area (Å²) >= 11 is 0.